The SMILES string of the molecule is CCCC1CNC1. The van der Waals surface area contributed by atoms with Crippen molar-refractivity contribution in [2.75, 3.05) is 13.1 Å². The summed E-state index contributed by atoms with van der Waals surface area (Å²) in [6, 6.07) is 0. The minimum absolute atomic E-state index is 1.02. The monoisotopic (exact) mass is 99.1 g/mol. The molecule has 1 fully saturated rings. The van der Waals surface area contributed by atoms with Gasteiger partial charge in [0.1, 0.15) is 0 Å². The third-order valence-electron chi connectivity index (χ3n) is 1.56. The van der Waals surface area contributed by atoms with E-state index in [4.69, 9.17) is 0 Å². The van der Waals surface area contributed by atoms with E-state index < -0.39 is 0 Å². The predicted molar refractivity (Wildman–Crippen MR) is 31.3 cm³/mol. The van der Waals surface area contributed by atoms with Crippen molar-refractivity contribution in [3.63, 3.8) is 0 Å². The van der Waals surface area contributed by atoms with Gasteiger partial charge in [0, 0.05) is 0 Å². The summed E-state index contributed by atoms with van der Waals surface area (Å²) < 4.78 is 0. The smallest absolute Gasteiger partial charge is 0.000826 e. The topological polar surface area (TPSA) is 12.0 Å². The maximum atomic E-state index is 3.25. The summed E-state index contributed by atoms with van der Waals surface area (Å²) in [5.74, 6) is 1.02. The molecular formula is C6H13N. The number of hydrogen-bond donors (Lipinski definition) is 1. The highest BCUT2D eigenvalue weighted by atomic mass is 14.9. The lowest BCUT2D eigenvalue weighted by Crippen LogP contribution is -2.41. The van der Waals surface area contributed by atoms with Crippen LogP contribution in [-0.4, -0.2) is 13.1 Å². The van der Waals surface area contributed by atoms with Crippen LogP contribution in [0.1, 0.15) is 19.8 Å². The van der Waals surface area contributed by atoms with Crippen molar-refractivity contribution in [1.82, 2.24) is 5.32 Å². The molecule has 1 saturated heterocycles. The van der Waals surface area contributed by atoms with Crippen molar-refractivity contribution in [3.05, 3.63) is 0 Å². The van der Waals surface area contributed by atoms with Crippen LogP contribution in [0.25, 0.3) is 0 Å². The molecule has 1 aliphatic heterocycles. The van der Waals surface area contributed by atoms with Crippen LogP contribution in [-0.2, 0) is 0 Å². The molecule has 0 amide bonds. The van der Waals surface area contributed by atoms with Gasteiger partial charge in [0.05, 0.1) is 0 Å². The Kier molecular flexibility index (Phi) is 1.69. The third-order valence-corrected chi connectivity index (χ3v) is 1.56. The maximum Gasteiger partial charge on any atom is -0.000826 e. The van der Waals surface area contributed by atoms with E-state index in [2.05, 4.69) is 12.2 Å². The van der Waals surface area contributed by atoms with E-state index in [1.807, 2.05) is 0 Å². The van der Waals surface area contributed by atoms with E-state index in [0.29, 0.717) is 0 Å². The minimum Gasteiger partial charge on any atom is -0.316 e. The van der Waals surface area contributed by atoms with Gasteiger partial charge in [0.15, 0.2) is 0 Å². The Morgan fingerprint density at radius 2 is 2.29 bits per heavy atom. The van der Waals surface area contributed by atoms with Crippen LogP contribution in [0.3, 0.4) is 0 Å². The molecule has 0 unspecified atom stereocenters. The Bertz CT molecular complexity index is 48.1. The molecule has 0 aromatic rings. The van der Waals surface area contributed by atoms with Crippen LogP contribution in [0.4, 0.5) is 0 Å². The Labute approximate surface area is 45.1 Å². The third kappa shape index (κ3) is 1.16. The van der Waals surface area contributed by atoms with Crippen LogP contribution in [0.15, 0.2) is 0 Å². The van der Waals surface area contributed by atoms with Gasteiger partial charge in [0.25, 0.3) is 0 Å². The van der Waals surface area contributed by atoms with Crippen molar-refractivity contribution in [2.24, 2.45) is 5.92 Å². The fourth-order valence-corrected chi connectivity index (χ4v) is 0.961. The second-order valence-corrected chi connectivity index (χ2v) is 2.31. The average molecular weight is 99.2 g/mol. The molecule has 1 aliphatic rings. The lowest BCUT2D eigenvalue weighted by atomic mass is 9.98. The quantitative estimate of drug-likeness (QED) is 0.544. The van der Waals surface area contributed by atoms with Gasteiger partial charge in [-0.2, -0.15) is 0 Å². The molecule has 42 valence electrons. The van der Waals surface area contributed by atoms with E-state index in [1.54, 1.807) is 0 Å². The molecule has 1 heterocycles. The molecule has 0 saturated carbocycles. The molecule has 1 N–H and O–H groups in total. The largest absolute Gasteiger partial charge is 0.316 e. The highest BCUT2D eigenvalue weighted by Gasteiger charge is 2.13. The van der Waals surface area contributed by atoms with Gasteiger partial charge in [-0.05, 0) is 25.4 Å². The normalized spacial score (nSPS) is 21.9. The molecule has 1 rings (SSSR count). The summed E-state index contributed by atoms with van der Waals surface area (Å²) in [6.45, 7) is 4.79. The summed E-state index contributed by atoms with van der Waals surface area (Å²) >= 11 is 0. The summed E-state index contributed by atoms with van der Waals surface area (Å²) in [7, 11) is 0. The van der Waals surface area contributed by atoms with Gasteiger partial charge < -0.3 is 5.32 Å². The first-order valence-electron chi connectivity index (χ1n) is 3.14. The molecule has 0 aliphatic carbocycles. The summed E-state index contributed by atoms with van der Waals surface area (Å²) in [6.07, 6.45) is 2.78. The lowest BCUT2D eigenvalue weighted by molar-refractivity contribution is 0.325. The molecule has 0 spiro atoms. The molecular weight excluding hydrogens is 86.1 g/mol. The Morgan fingerprint density at radius 3 is 2.43 bits per heavy atom. The summed E-state index contributed by atoms with van der Waals surface area (Å²) in [5.41, 5.74) is 0. The predicted octanol–water partition coefficient (Wildman–Crippen LogP) is 1.01. The second-order valence-electron chi connectivity index (χ2n) is 2.31. The van der Waals surface area contributed by atoms with Crippen LogP contribution < -0.4 is 5.32 Å². The Morgan fingerprint density at radius 1 is 1.57 bits per heavy atom. The number of hydrogen-bond acceptors (Lipinski definition) is 1. The highest BCUT2D eigenvalue weighted by molar-refractivity contribution is 4.73. The Balaban J connectivity index is 1.93. The number of nitrogens with one attached hydrogen (secondary N) is 1. The average Bonchev–Trinajstić information content (AvgIpc) is 1.55. The van der Waals surface area contributed by atoms with Gasteiger partial charge in [-0.25, -0.2) is 0 Å². The zero-order valence-corrected chi connectivity index (χ0v) is 4.91. The van der Waals surface area contributed by atoms with E-state index in [9.17, 15) is 0 Å². The number of rotatable bonds is 2. The van der Waals surface area contributed by atoms with Gasteiger partial charge in [0.2, 0.25) is 0 Å². The highest BCUT2D eigenvalue weighted by Crippen LogP contribution is 2.09. The lowest BCUT2D eigenvalue weighted by Gasteiger charge is -2.26. The van der Waals surface area contributed by atoms with Crippen LogP contribution in [0.2, 0.25) is 0 Å². The first kappa shape index (κ1) is 5.10. The molecule has 1 heteroatoms. The molecule has 7 heavy (non-hydrogen) atoms. The first-order valence-corrected chi connectivity index (χ1v) is 3.14. The van der Waals surface area contributed by atoms with Gasteiger partial charge >= 0.3 is 0 Å². The molecule has 0 aromatic carbocycles. The summed E-state index contributed by atoms with van der Waals surface area (Å²) in [4.78, 5) is 0. The van der Waals surface area contributed by atoms with Gasteiger partial charge in [-0.1, -0.05) is 13.3 Å². The molecule has 0 radical (unpaired) electrons. The van der Waals surface area contributed by atoms with Crippen LogP contribution in [0.5, 0.6) is 0 Å². The van der Waals surface area contributed by atoms with Crippen molar-refractivity contribution in [2.45, 2.75) is 19.8 Å². The van der Waals surface area contributed by atoms with Crippen molar-refractivity contribution in [1.29, 1.82) is 0 Å². The fourth-order valence-electron chi connectivity index (χ4n) is 0.961. The van der Waals surface area contributed by atoms with Crippen LogP contribution in [0, 0.1) is 5.92 Å². The van der Waals surface area contributed by atoms with Gasteiger partial charge in [-0.15, -0.1) is 0 Å². The van der Waals surface area contributed by atoms with E-state index >= 15 is 0 Å². The zero-order valence-electron chi connectivity index (χ0n) is 4.91. The molecule has 0 bridgehead atoms. The standard InChI is InChI=1S/C6H13N/c1-2-3-6-4-7-5-6/h6-7H,2-5H2,1H3. The molecule has 0 aromatic heterocycles. The molecule has 0 atom stereocenters. The first-order chi connectivity index (χ1) is 3.43. The van der Waals surface area contributed by atoms with Gasteiger partial charge in [-0.3, -0.25) is 0 Å². The zero-order chi connectivity index (χ0) is 5.11. The fraction of sp³-hybridized carbons (Fsp3) is 1.00. The minimum atomic E-state index is 1.02. The van der Waals surface area contributed by atoms with Crippen molar-refractivity contribution >= 4 is 0 Å². The maximum absolute atomic E-state index is 3.25. The Hall–Kier alpha value is -0.0400. The van der Waals surface area contributed by atoms with Crippen molar-refractivity contribution < 1.29 is 0 Å². The van der Waals surface area contributed by atoms with E-state index in [0.717, 1.165) is 5.92 Å². The second kappa shape index (κ2) is 2.31. The van der Waals surface area contributed by atoms with Crippen LogP contribution >= 0.6 is 0 Å². The molecule has 1 nitrogen and oxygen atoms in total. The summed E-state index contributed by atoms with van der Waals surface area (Å²) in [5, 5.41) is 3.25. The van der Waals surface area contributed by atoms with E-state index in [-0.39, 0.29) is 0 Å². The van der Waals surface area contributed by atoms with E-state index in [1.165, 1.54) is 25.9 Å². The van der Waals surface area contributed by atoms with Crippen molar-refractivity contribution in [3.8, 4) is 0 Å².